The fourth-order valence-corrected chi connectivity index (χ4v) is 2.82. The summed E-state index contributed by atoms with van der Waals surface area (Å²) in [4.78, 5) is 11.4. The summed E-state index contributed by atoms with van der Waals surface area (Å²) in [7, 11) is 0. The van der Waals surface area contributed by atoms with Gasteiger partial charge in [-0.15, -0.1) is 0 Å². The Morgan fingerprint density at radius 2 is 1.83 bits per heavy atom. The Labute approximate surface area is 137 Å². The molecule has 0 spiro atoms. The first-order valence-corrected chi connectivity index (χ1v) is 8.21. The quantitative estimate of drug-likeness (QED) is 0.919. The van der Waals surface area contributed by atoms with Gasteiger partial charge >= 0.3 is 0 Å². The van der Waals surface area contributed by atoms with Gasteiger partial charge < -0.3 is 9.84 Å². The molecule has 1 aromatic carbocycles. The van der Waals surface area contributed by atoms with Crippen molar-refractivity contribution in [2.75, 3.05) is 26.2 Å². The van der Waals surface area contributed by atoms with Crippen molar-refractivity contribution in [1.82, 2.24) is 14.9 Å². The van der Waals surface area contributed by atoms with Gasteiger partial charge in [0.2, 0.25) is 5.88 Å². The number of benzene rings is 1. The van der Waals surface area contributed by atoms with Crippen LogP contribution in [0.5, 0.6) is 11.6 Å². The number of hydrogen-bond donors (Lipinski definition) is 1. The second-order valence-corrected chi connectivity index (χ2v) is 5.97. The monoisotopic (exact) mass is 313 g/mol. The highest BCUT2D eigenvalue weighted by molar-refractivity contribution is 5.56. The maximum absolute atomic E-state index is 9.38. The van der Waals surface area contributed by atoms with Crippen molar-refractivity contribution in [3.05, 3.63) is 36.0 Å². The van der Waals surface area contributed by atoms with Crippen LogP contribution in [0.15, 0.2) is 30.3 Å². The molecule has 1 saturated heterocycles. The van der Waals surface area contributed by atoms with Gasteiger partial charge in [-0.05, 0) is 57.1 Å². The van der Waals surface area contributed by atoms with Crippen molar-refractivity contribution in [2.45, 2.75) is 26.2 Å². The number of hydrogen-bond acceptors (Lipinski definition) is 5. The highest BCUT2D eigenvalue weighted by atomic mass is 16.5. The SMILES string of the molecule is Cc1cc(OCCN2CCCCC2)nc(-c2ccc(O)cc2)n1. The molecule has 0 radical (unpaired) electrons. The van der Waals surface area contributed by atoms with E-state index in [2.05, 4.69) is 14.9 Å². The van der Waals surface area contributed by atoms with E-state index in [9.17, 15) is 5.11 Å². The fraction of sp³-hybridized carbons (Fsp3) is 0.444. The summed E-state index contributed by atoms with van der Waals surface area (Å²) < 4.78 is 5.83. The van der Waals surface area contributed by atoms with Crippen molar-refractivity contribution in [1.29, 1.82) is 0 Å². The number of aromatic hydroxyl groups is 1. The molecule has 0 aliphatic carbocycles. The van der Waals surface area contributed by atoms with E-state index in [1.165, 1.54) is 32.4 Å². The smallest absolute Gasteiger partial charge is 0.217 e. The van der Waals surface area contributed by atoms with Crippen molar-refractivity contribution >= 4 is 0 Å². The van der Waals surface area contributed by atoms with Crippen molar-refractivity contribution in [2.24, 2.45) is 0 Å². The van der Waals surface area contributed by atoms with Gasteiger partial charge in [0.25, 0.3) is 0 Å². The third-order valence-corrected chi connectivity index (χ3v) is 4.06. The van der Waals surface area contributed by atoms with E-state index in [-0.39, 0.29) is 5.75 Å². The standard InChI is InChI=1S/C18H23N3O2/c1-14-13-17(23-12-11-21-9-3-2-4-10-21)20-18(19-14)15-5-7-16(22)8-6-15/h5-8,13,22H,2-4,9-12H2,1H3. The topological polar surface area (TPSA) is 58.5 Å². The number of ether oxygens (including phenoxy) is 1. The van der Waals surface area contributed by atoms with E-state index >= 15 is 0 Å². The zero-order valence-corrected chi connectivity index (χ0v) is 13.5. The largest absolute Gasteiger partial charge is 0.508 e. The van der Waals surface area contributed by atoms with Crippen LogP contribution >= 0.6 is 0 Å². The molecule has 122 valence electrons. The highest BCUT2D eigenvalue weighted by Gasteiger charge is 2.10. The molecule has 0 bridgehead atoms. The number of likely N-dealkylation sites (tertiary alicyclic amines) is 1. The first-order valence-electron chi connectivity index (χ1n) is 8.21. The van der Waals surface area contributed by atoms with Crippen LogP contribution in [0.3, 0.4) is 0 Å². The molecule has 0 amide bonds. The third kappa shape index (κ3) is 4.42. The summed E-state index contributed by atoms with van der Waals surface area (Å²) in [5.74, 6) is 1.47. The Kier molecular flexibility index (Phi) is 5.08. The van der Waals surface area contributed by atoms with Gasteiger partial charge in [-0.2, -0.15) is 4.98 Å². The van der Waals surface area contributed by atoms with Crippen LogP contribution in [0.4, 0.5) is 0 Å². The lowest BCUT2D eigenvalue weighted by atomic mass is 10.1. The minimum Gasteiger partial charge on any atom is -0.508 e. The normalized spacial score (nSPS) is 15.5. The fourth-order valence-electron chi connectivity index (χ4n) is 2.82. The van der Waals surface area contributed by atoms with Crippen LogP contribution in [0.25, 0.3) is 11.4 Å². The van der Waals surface area contributed by atoms with Gasteiger partial charge in [0.15, 0.2) is 5.82 Å². The third-order valence-electron chi connectivity index (χ3n) is 4.06. The van der Waals surface area contributed by atoms with Crippen LogP contribution in [-0.2, 0) is 0 Å². The number of phenolic OH excluding ortho intramolecular Hbond substituents is 1. The van der Waals surface area contributed by atoms with E-state index in [0.29, 0.717) is 18.3 Å². The first-order chi connectivity index (χ1) is 11.2. The molecule has 1 aliphatic heterocycles. The Hall–Kier alpha value is -2.14. The number of aryl methyl sites for hydroxylation is 1. The minimum absolute atomic E-state index is 0.236. The maximum Gasteiger partial charge on any atom is 0.217 e. The molecule has 0 saturated carbocycles. The molecule has 23 heavy (non-hydrogen) atoms. The average Bonchev–Trinajstić information content (AvgIpc) is 2.56. The maximum atomic E-state index is 9.38. The summed E-state index contributed by atoms with van der Waals surface area (Å²) >= 11 is 0. The van der Waals surface area contributed by atoms with E-state index < -0.39 is 0 Å². The average molecular weight is 313 g/mol. The number of piperidine rings is 1. The second-order valence-electron chi connectivity index (χ2n) is 5.97. The predicted octanol–water partition coefficient (Wildman–Crippen LogP) is 3.02. The van der Waals surface area contributed by atoms with Gasteiger partial charge in [0, 0.05) is 23.9 Å². The Morgan fingerprint density at radius 1 is 1.09 bits per heavy atom. The Morgan fingerprint density at radius 3 is 2.57 bits per heavy atom. The minimum atomic E-state index is 0.236. The molecule has 3 rings (SSSR count). The molecule has 0 atom stereocenters. The van der Waals surface area contributed by atoms with E-state index in [1.54, 1.807) is 12.1 Å². The molecular formula is C18H23N3O2. The van der Waals surface area contributed by atoms with Crippen molar-refractivity contribution < 1.29 is 9.84 Å². The van der Waals surface area contributed by atoms with Crippen LogP contribution in [0.2, 0.25) is 0 Å². The lowest BCUT2D eigenvalue weighted by Gasteiger charge is -2.26. The first kappa shape index (κ1) is 15.7. The zero-order chi connectivity index (χ0) is 16.1. The molecular weight excluding hydrogens is 290 g/mol. The van der Waals surface area contributed by atoms with Crippen molar-refractivity contribution in [3.8, 4) is 23.0 Å². The molecule has 5 nitrogen and oxygen atoms in total. The van der Waals surface area contributed by atoms with Gasteiger partial charge in [0.1, 0.15) is 12.4 Å². The van der Waals surface area contributed by atoms with E-state index in [1.807, 2.05) is 25.1 Å². The van der Waals surface area contributed by atoms with Crippen LogP contribution < -0.4 is 4.74 Å². The van der Waals surface area contributed by atoms with E-state index in [0.717, 1.165) is 17.8 Å². The summed E-state index contributed by atoms with van der Waals surface area (Å²) in [6.45, 7) is 5.86. The zero-order valence-electron chi connectivity index (χ0n) is 13.5. The molecule has 2 aromatic rings. The Bertz CT molecular complexity index is 637. The van der Waals surface area contributed by atoms with Crippen LogP contribution in [-0.4, -0.2) is 46.2 Å². The van der Waals surface area contributed by atoms with Crippen LogP contribution in [0.1, 0.15) is 25.0 Å². The molecule has 1 fully saturated rings. The van der Waals surface area contributed by atoms with E-state index in [4.69, 9.17) is 4.74 Å². The van der Waals surface area contributed by atoms with Gasteiger partial charge in [-0.25, -0.2) is 4.98 Å². The molecule has 5 heteroatoms. The molecule has 1 aromatic heterocycles. The predicted molar refractivity (Wildman–Crippen MR) is 89.7 cm³/mol. The number of rotatable bonds is 5. The van der Waals surface area contributed by atoms with Gasteiger partial charge in [-0.1, -0.05) is 6.42 Å². The molecule has 2 heterocycles. The van der Waals surface area contributed by atoms with Gasteiger partial charge in [0.05, 0.1) is 0 Å². The second kappa shape index (κ2) is 7.42. The Balaban J connectivity index is 1.64. The lowest BCUT2D eigenvalue weighted by Crippen LogP contribution is -2.33. The van der Waals surface area contributed by atoms with Gasteiger partial charge in [-0.3, -0.25) is 4.90 Å². The van der Waals surface area contributed by atoms with Crippen LogP contribution in [0, 0.1) is 6.92 Å². The highest BCUT2D eigenvalue weighted by Crippen LogP contribution is 2.21. The summed E-state index contributed by atoms with van der Waals surface area (Å²) in [5, 5.41) is 9.38. The van der Waals surface area contributed by atoms with Crippen molar-refractivity contribution in [3.63, 3.8) is 0 Å². The molecule has 1 aliphatic rings. The number of phenols is 1. The molecule has 1 N–H and O–H groups in total. The number of aromatic nitrogens is 2. The number of nitrogens with zero attached hydrogens (tertiary/aromatic N) is 3. The lowest BCUT2D eigenvalue weighted by molar-refractivity contribution is 0.180. The summed E-state index contributed by atoms with van der Waals surface area (Å²) in [6, 6.07) is 8.75. The summed E-state index contributed by atoms with van der Waals surface area (Å²) in [5.41, 5.74) is 1.74. The summed E-state index contributed by atoms with van der Waals surface area (Å²) in [6.07, 6.45) is 3.92. The molecule has 0 unspecified atom stereocenters.